The Labute approximate surface area is 137 Å². The van der Waals surface area contributed by atoms with Gasteiger partial charge in [-0.05, 0) is 29.8 Å². The van der Waals surface area contributed by atoms with E-state index in [-0.39, 0.29) is 18.0 Å². The second-order valence-corrected chi connectivity index (χ2v) is 4.61. The molecule has 126 valence electrons. The van der Waals surface area contributed by atoms with E-state index < -0.39 is 11.1 Å². The number of nitro benzene ring substituents is 1. The number of rotatable bonds is 6. The van der Waals surface area contributed by atoms with Gasteiger partial charge in [0.1, 0.15) is 23.9 Å². The molecule has 0 bridgehead atoms. The summed E-state index contributed by atoms with van der Waals surface area (Å²) in [5, 5.41) is 10.6. The fourth-order valence-corrected chi connectivity index (χ4v) is 1.85. The molecule has 2 rings (SSSR count). The van der Waals surface area contributed by atoms with Gasteiger partial charge in [-0.3, -0.25) is 10.1 Å². The zero-order valence-electron chi connectivity index (χ0n) is 13.1. The first-order valence-corrected chi connectivity index (χ1v) is 6.83. The van der Waals surface area contributed by atoms with Crippen LogP contribution in [0.2, 0.25) is 0 Å². The maximum atomic E-state index is 11.7. The van der Waals surface area contributed by atoms with Crippen LogP contribution in [-0.2, 0) is 11.3 Å². The topological polar surface area (TPSA) is 97.1 Å². The van der Waals surface area contributed by atoms with E-state index in [0.29, 0.717) is 17.1 Å². The summed E-state index contributed by atoms with van der Waals surface area (Å²) in [5.74, 6) is 1.28. The van der Waals surface area contributed by atoms with Crippen molar-refractivity contribution in [2.45, 2.75) is 6.61 Å². The highest BCUT2D eigenvalue weighted by Gasteiger charge is 2.10. The molecule has 2 aromatic carbocycles. The number of benzene rings is 2. The number of carbonyl (C=O) groups excluding carboxylic acids is 1. The minimum Gasteiger partial charge on any atom is -0.497 e. The highest BCUT2D eigenvalue weighted by Crippen LogP contribution is 2.23. The lowest BCUT2D eigenvalue weighted by Gasteiger charge is -2.09. The number of methoxy groups -OCH3 is 2. The van der Waals surface area contributed by atoms with Crippen LogP contribution in [0.3, 0.4) is 0 Å². The van der Waals surface area contributed by atoms with Crippen LogP contribution in [0.1, 0.15) is 5.56 Å². The second kappa shape index (κ2) is 7.82. The first-order valence-electron chi connectivity index (χ1n) is 6.83. The van der Waals surface area contributed by atoms with Gasteiger partial charge in [-0.1, -0.05) is 0 Å². The Morgan fingerprint density at radius 2 is 1.58 bits per heavy atom. The monoisotopic (exact) mass is 333 g/mol. The molecule has 2 aromatic rings. The van der Waals surface area contributed by atoms with E-state index in [1.165, 1.54) is 38.5 Å². The smallest absolute Gasteiger partial charge is 0.497 e. The Morgan fingerprint density at radius 1 is 1.00 bits per heavy atom. The summed E-state index contributed by atoms with van der Waals surface area (Å²) in [6, 6.07) is 10.2. The van der Waals surface area contributed by atoms with Crippen LogP contribution < -0.4 is 14.2 Å². The van der Waals surface area contributed by atoms with Crippen molar-refractivity contribution < 1.29 is 28.7 Å². The Bertz CT molecular complexity index is 705. The molecule has 0 aliphatic heterocycles. The van der Waals surface area contributed by atoms with Gasteiger partial charge in [0.05, 0.1) is 19.1 Å². The fraction of sp³-hybridized carbons (Fsp3) is 0.188. The molecule has 8 heteroatoms. The third-order valence-corrected chi connectivity index (χ3v) is 3.02. The molecule has 0 N–H and O–H groups in total. The summed E-state index contributed by atoms with van der Waals surface area (Å²) in [5.41, 5.74) is 0.561. The van der Waals surface area contributed by atoms with Crippen LogP contribution in [0.15, 0.2) is 42.5 Å². The van der Waals surface area contributed by atoms with E-state index in [9.17, 15) is 14.9 Å². The third-order valence-electron chi connectivity index (χ3n) is 3.02. The molecular weight excluding hydrogens is 318 g/mol. The van der Waals surface area contributed by atoms with Crippen LogP contribution >= 0.6 is 0 Å². The number of hydrogen-bond acceptors (Lipinski definition) is 7. The second-order valence-electron chi connectivity index (χ2n) is 4.61. The SMILES string of the molecule is COc1cc(COC(=O)Oc2ccc([N+](=O)[O-])cc2)cc(OC)c1. The molecule has 0 saturated heterocycles. The Morgan fingerprint density at radius 3 is 2.08 bits per heavy atom. The molecule has 24 heavy (non-hydrogen) atoms. The van der Waals surface area contributed by atoms with E-state index >= 15 is 0 Å². The number of hydrogen-bond donors (Lipinski definition) is 0. The number of nitro groups is 1. The highest BCUT2D eigenvalue weighted by atomic mass is 16.7. The summed E-state index contributed by atoms with van der Waals surface area (Å²) in [6.07, 6.45) is -0.925. The molecule has 8 nitrogen and oxygen atoms in total. The van der Waals surface area contributed by atoms with E-state index in [1.54, 1.807) is 18.2 Å². The summed E-state index contributed by atoms with van der Waals surface area (Å²) < 4.78 is 20.2. The van der Waals surface area contributed by atoms with E-state index in [4.69, 9.17) is 18.9 Å². The highest BCUT2D eigenvalue weighted by molar-refractivity contribution is 5.64. The normalized spacial score (nSPS) is 9.92. The fourth-order valence-electron chi connectivity index (χ4n) is 1.85. The molecule has 0 aliphatic rings. The Kier molecular flexibility index (Phi) is 5.56. The van der Waals surface area contributed by atoms with Crippen molar-refractivity contribution in [2.24, 2.45) is 0 Å². The van der Waals surface area contributed by atoms with E-state index in [1.807, 2.05) is 0 Å². The number of nitrogens with zero attached hydrogens (tertiary/aromatic N) is 1. The Hall–Kier alpha value is -3.29. The van der Waals surface area contributed by atoms with Crippen molar-refractivity contribution in [2.75, 3.05) is 14.2 Å². The lowest BCUT2D eigenvalue weighted by Crippen LogP contribution is -2.10. The quantitative estimate of drug-likeness (QED) is 0.346. The summed E-state index contributed by atoms with van der Waals surface area (Å²) in [6.45, 7) is -0.0423. The minimum absolute atomic E-state index is 0.0423. The van der Waals surface area contributed by atoms with Gasteiger partial charge >= 0.3 is 6.16 Å². The average molecular weight is 333 g/mol. The number of non-ortho nitro benzene ring substituents is 1. The Balaban J connectivity index is 1.94. The molecule has 0 aliphatic carbocycles. The lowest BCUT2D eigenvalue weighted by atomic mass is 10.2. The van der Waals surface area contributed by atoms with Gasteiger partial charge in [0.2, 0.25) is 0 Å². The first-order chi connectivity index (χ1) is 11.5. The van der Waals surface area contributed by atoms with Crippen molar-refractivity contribution in [1.82, 2.24) is 0 Å². The summed E-state index contributed by atoms with van der Waals surface area (Å²) in [7, 11) is 3.03. The standard InChI is InChI=1S/C16H15NO7/c1-21-14-7-11(8-15(9-14)22-2)10-23-16(18)24-13-5-3-12(4-6-13)17(19)20/h3-9H,10H2,1-2H3. The zero-order valence-corrected chi connectivity index (χ0v) is 13.1. The number of carbonyl (C=O) groups is 1. The van der Waals surface area contributed by atoms with E-state index in [2.05, 4.69) is 0 Å². The van der Waals surface area contributed by atoms with Crippen molar-refractivity contribution in [3.63, 3.8) is 0 Å². The molecule has 0 aromatic heterocycles. The average Bonchev–Trinajstić information content (AvgIpc) is 2.60. The van der Waals surface area contributed by atoms with Crippen molar-refractivity contribution in [3.8, 4) is 17.2 Å². The van der Waals surface area contributed by atoms with Gasteiger partial charge < -0.3 is 18.9 Å². The molecular formula is C16H15NO7. The van der Waals surface area contributed by atoms with Crippen molar-refractivity contribution in [3.05, 3.63) is 58.1 Å². The van der Waals surface area contributed by atoms with Gasteiger partial charge in [0, 0.05) is 18.2 Å². The maximum absolute atomic E-state index is 11.7. The summed E-state index contributed by atoms with van der Waals surface area (Å²) in [4.78, 5) is 21.7. The molecule has 0 spiro atoms. The van der Waals surface area contributed by atoms with Gasteiger partial charge in [0.25, 0.3) is 5.69 Å². The molecule has 0 saturated carbocycles. The van der Waals surface area contributed by atoms with Crippen LogP contribution in [0.25, 0.3) is 0 Å². The molecule has 0 heterocycles. The predicted molar refractivity (Wildman–Crippen MR) is 83.5 cm³/mol. The molecule has 0 fully saturated rings. The third kappa shape index (κ3) is 4.60. The predicted octanol–water partition coefficient (Wildman–Crippen LogP) is 3.33. The molecule has 0 atom stereocenters. The van der Waals surface area contributed by atoms with Gasteiger partial charge in [-0.25, -0.2) is 4.79 Å². The van der Waals surface area contributed by atoms with Gasteiger partial charge in [0.15, 0.2) is 0 Å². The van der Waals surface area contributed by atoms with Crippen LogP contribution in [-0.4, -0.2) is 25.3 Å². The lowest BCUT2D eigenvalue weighted by molar-refractivity contribution is -0.384. The molecule has 0 radical (unpaired) electrons. The van der Waals surface area contributed by atoms with Gasteiger partial charge in [-0.2, -0.15) is 0 Å². The van der Waals surface area contributed by atoms with Crippen molar-refractivity contribution in [1.29, 1.82) is 0 Å². The minimum atomic E-state index is -0.925. The molecule has 0 unspecified atom stereocenters. The van der Waals surface area contributed by atoms with Crippen LogP contribution in [0.4, 0.5) is 10.5 Å². The largest absolute Gasteiger partial charge is 0.514 e. The molecule has 0 amide bonds. The van der Waals surface area contributed by atoms with Crippen LogP contribution in [0.5, 0.6) is 17.2 Å². The maximum Gasteiger partial charge on any atom is 0.514 e. The zero-order chi connectivity index (χ0) is 17.5. The first kappa shape index (κ1) is 17.1. The van der Waals surface area contributed by atoms with Gasteiger partial charge in [-0.15, -0.1) is 0 Å². The van der Waals surface area contributed by atoms with E-state index in [0.717, 1.165) is 0 Å². The van der Waals surface area contributed by atoms with Crippen molar-refractivity contribution >= 4 is 11.8 Å². The van der Waals surface area contributed by atoms with Crippen LogP contribution in [0, 0.1) is 10.1 Å². The number of ether oxygens (including phenoxy) is 4. The summed E-state index contributed by atoms with van der Waals surface area (Å²) >= 11 is 0.